The lowest BCUT2D eigenvalue weighted by Crippen LogP contribution is -2.16. The Balaban J connectivity index is 1.50. The summed E-state index contributed by atoms with van der Waals surface area (Å²) in [6.07, 6.45) is 0.321. The lowest BCUT2D eigenvalue weighted by atomic mass is 10.1. The van der Waals surface area contributed by atoms with Crippen molar-refractivity contribution in [3.8, 4) is 11.5 Å². The van der Waals surface area contributed by atoms with E-state index < -0.39 is 6.10 Å². The highest BCUT2D eigenvalue weighted by Crippen LogP contribution is 2.29. The summed E-state index contributed by atoms with van der Waals surface area (Å²) in [5.74, 6) is 1.30. The average Bonchev–Trinajstić information content (AvgIpc) is 2.76. The van der Waals surface area contributed by atoms with Crippen LogP contribution < -0.4 is 14.8 Å². The monoisotopic (exact) mass is 377 g/mol. The molecule has 0 aliphatic rings. The molecule has 0 bridgehead atoms. The summed E-state index contributed by atoms with van der Waals surface area (Å²) in [6, 6.07) is 25.8. The SMILES string of the molecule is COc1cc(CNCCc2ccccc2)ccc1OC[C@H](O)c1ccccc1. The molecule has 0 radical (unpaired) electrons. The maximum Gasteiger partial charge on any atom is 0.161 e. The first-order chi connectivity index (χ1) is 13.8. The van der Waals surface area contributed by atoms with Gasteiger partial charge in [-0.1, -0.05) is 66.7 Å². The predicted molar refractivity (Wildman–Crippen MR) is 112 cm³/mol. The molecule has 0 aromatic heterocycles. The molecule has 3 aromatic carbocycles. The summed E-state index contributed by atoms with van der Waals surface area (Å²) in [6.45, 7) is 1.85. The number of hydrogen-bond acceptors (Lipinski definition) is 4. The largest absolute Gasteiger partial charge is 0.493 e. The highest BCUT2D eigenvalue weighted by atomic mass is 16.5. The van der Waals surface area contributed by atoms with E-state index in [1.54, 1.807) is 7.11 Å². The number of methoxy groups -OCH3 is 1. The Morgan fingerprint density at radius 1 is 0.857 bits per heavy atom. The first-order valence-electron chi connectivity index (χ1n) is 9.53. The minimum atomic E-state index is -0.676. The van der Waals surface area contributed by atoms with Crippen LogP contribution in [0.1, 0.15) is 22.8 Å². The second kappa shape index (κ2) is 10.5. The van der Waals surface area contributed by atoms with E-state index in [4.69, 9.17) is 9.47 Å². The molecule has 146 valence electrons. The number of ether oxygens (including phenoxy) is 2. The number of aliphatic hydroxyl groups is 1. The lowest BCUT2D eigenvalue weighted by Gasteiger charge is -2.15. The fourth-order valence-corrected chi connectivity index (χ4v) is 2.99. The zero-order chi connectivity index (χ0) is 19.6. The molecule has 28 heavy (non-hydrogen) atoms. The van der Waals surface area contributed by atoms with Gasteiger partial charge in [0.1, 0.15) is 12.7 Å². The highest BCUT2D eigenvalue weighted by molar-refractivity contribution is 5.43. The Hall–Kier alpha value is -2.82. The van der Waals surface area contributed by atoms with Gasteiger partial charge in [-0.25, -0.2) is 0 Å². The predicted octanol–water partition coefficient (Wildman–Crippen LogP) is 4.14. The fraction of sp³-hybridized carbons (Fsp3) is 0.250. The maximum absolute atomic E-state index is 10.3. The molecule has 1 atom stereocenters. The molecule has 0 heterocycles. The van der Waals surface area contributed by atoms with E-state index in [0.29, 0.717) is 11.5 Å². The zero-order valence-corrected chi connectivity index (χ0v) is 16.2. The van der Waals surface area contributed by atoms with Crippen LogP contribution in [0, 0.1) is 0 Å². The summed E-state index contributed by atoms with van der Waals surface area (Å²) in [5, 5.41) is 13.7. The summed E-state index contributed by atoms with van der Waals surface area (Å²) in [5.41, 5.74) is 3.29. The van der Waals surface area contributed by atoms with Crippen LogP contribution in [0.3, 0.4) is 0 Å². The van der Waals surface area contributed by atoms with Crippen LogP contribution in [0.15, 0.2) is 78.9 Å². The van der Waals surface area contributed by atoms with Gasteiger partial charge in [-0.3, -0.25) is 0 Å². The molecule has 0 fully saturated rings. The second-order valence-electron chi connectivity index (χ2n) is 6.64. The van der Waals surface area contributed by atoms with Crippen LogP contribution in [0.25, 0.3) is 0 Å². The van der Waals surface area contributed by atoms with Crippen molar-refractivity contribution in [3.63, 3.8) is 0 Å². The molecule has 0 unspecified atom stereocenters. The quantitative estimate of drug-likeness (QED) is 0.522. The van der Waals surface area contributed by atoms with E-state index in [1.165, 1.54) is 5.56 Å². The summed E-state index contributed by atoms with van der Waals surface area (Å²) < 4.78 is 11.3. The minimum Gasteiger partial charge on any atom is -0.493 e. The maximum atomic E-state index is 10.3. The Labute approximate surface area is 166 Å². The van der Waals surface area contributed by atoms with Crippen molar-refractivity contribution in [2.45, 2.75) is 19.1 Å². The molecule has 4 nitrogen and oxygen atoms in total. The van der Waals surface area contributed by atoms with Gasteiger partial charge in [0.05, 0.1) is 7.11 Å². The van der Waals surface area contributed by atoms with Gasteiger partial charge in [-0.2, -0.15) is 0 Å². The molecule has 2 N–H and O–H groups in total. The van der Waals surface area contributed by atoms with Crippen molar-refractivity contribution in [1.82, 2.24) is 5.32 Å². The molecule has 0 amide bonds. The number of rotatable bonds is 10. The van der Waals surface area contributed by atoms with E-state index in [-0.39, 0.29) is 6.61 Å². The average molecular weight is 377 g/mol. The molecule has 0 aliphatic heterocycles. The van der Waals surface area contributed by atoms with Crippen LogP contribution in [0.5, 0.6) is 11.5 Å². The Morgan fingerprint density at radius 2 is 1.57 bits per heavy atom. The van der Waals surface area contributed by atoms with E-state index in [0.717, 1.165) is 30.6 Å². The van der Waals surface area contributed by atoms with Crippen molar-refractivity contribution < 1.29 is 14.6 Å². The topological polar surface area (TPSA) is 50.7 Å². The number of hydrogen-bond donors (Lipinski definition) is 2. The molecule has 3 rings (SSSR count). The summed E-state index contributed by atoms with van der Waals surface area (Å²) in [7, 11) is 1.63. The minimum absolute atomic E-state index is 0.176. The van der Waals surface area contributed by atoms with Crippen molar-refractivity contribution in [2.75, 3.05) is 20.3 Å². The third kappa shape index (κ3) is 5.84. The smallest absolute Gasteiger partial charge is 0.161 e. The Morgan fingerprint density at radius 3 is 2.29 bits per heavy atom. The zero-order valence-electron chi connectivity index (χ0n) is 16.2. The van der Waals surface area contributed by atoms with Gasteiger partial charge >= 0.3 is 0 Å². The van der Waals surface area contributed by atoms with Crippen LogP contribution in [0.2, 0.25) is 0 Å². The number of nitrogens with one attached hydrogen (secondary N) is 1. The lowest BCUT2D eigenvalue weighted by molar-refractivity contribution is 0.106. The normalized spacial score (nSPS) is 11.8. The van der Waals surface area contributed by atoms with E-state index in [9.17, 15) is 5.11 Å². The standard InChI is InChI=1S/C24H27NO3/c1-27-24-16-20(17-25-15-14-19-8-4-2-5-9-19)12-13-23(24)28-18-22(26)21-10-6-3-7-11-21/h2-13,16,22,25-26H,14-15,17-18H2,1H3/t22-/m0/s1. The fourth-order valence-electron chi connectivity index (χ4n) is 2.99. The van der Waals surface area contributed by atoms with E-state index >= 15 is 0 Å². The van der Waals surface area contributed by atoms with Gasteiger partial charge in [0.15, 0.2) is 11.5 Å². The third-order valence-electron chi connectivity index (χ3n) is 4.57. The third-order valence-corrected chi connectivity index (χ3v) is 4.57. The highest BCUT2D eigenvalue weighted by Gasteiger charge is 2.11. The van der Waals surface area contributed by atoms with Crippen LogP contribution in [0.4, 0.5) is 0 Å². The molecular weight excluding hydrogens is 350 g/mol. The van der Waals surface area contributed by atoms with E-state index in [2.05, 4.69) is 29.6 Å². The molecule has 4 heteroatoms. The van der Waals surface area contributed by atoms with E-state index in [1.807, 2.05) is 54.6 Å². The van der Waals surface area contributed by atoms with Crippen molar-refractivity contribution in [2.24, 2.45) is 0 Å². The second-order valence-corrected chi connectivity index (χ2v) is 6.64. The van der Waals surface area contributed by atoms with Gasteiger partial charge in [-0.15, -0.1) is 0 Å². The van der Waals surface area contributed by atoms with Gasteiger partial charge in [-0.05, 0) is 41.8 Å². The van der Waals surface area contributed by atoms with Gasteiger partial charge in [0.2, 0.25) is 0 Å². The Bertz CT molecular complexity index is 837. The van der Waals surface area contributed by atoms with Crippen molar-refractivity contribution in [3.05, 3.63) is 95.6 Å². The molecule has 0 spiro atoms. The van der Waals surface area contributed by atoms with Gasteiger partial charge < -0.3 is 19.9 Å². The van der Waals surface area contributed by atoms with Crippen LogP contribution in [-0.2, 0) is 13.0 Å². The first-order valence-corrected chi connectivity index (χ1v) is 9.53. The first kappa shape index (κ1) is 19.9. The molecular formula is C24H27NO3. The molecule has 0 saturated heterocycles. The number of aliphatic hydroxyl groups excluding tert-OH is 1. The molecule has 3 aromatic rings. The molecule has 0 aliphatic carbocycles. The van der Waals surface area contributed by atoms with Crippen LogP contribution >= 0.6 is 0 Å². The van der Waals surface area contributed by atoms with Gasteiger partial charge in [0, 0.05) is 6.54 Å². The number of benzene rings is 3. The van der Waals surface area contributed by atoms with Gasteiger partial charge in [0.25, 0.3) is 0 Å². The summed E-state index contributed by atoms with van der Waals surface area (Å²) >= 11 is 0. The van der Waals surface area contributed by atoms with Crippen LogP contribution in [-0.4, -0.2) is 25.4 Å². The molecule has 0 saturated carbocycles. The van der Waals surface area contributed by atoms with Crippen molar-refractivity contribution >= 4 is 0 Å². The summed E-state index contributed by atoms with van der Waals surface area (Å²) in [4.78, 5) is 0. The Kier molecular flexibility index (Phi) is 7.47. The van der Waals surface area contributed by atoms with Crippen molar-refractivity contribution in [1.29, 1.82) is 0 Å².